The molecule has 0 amide bonds. The lowest BCUT2D eigenvalue weighted by molar-refractivity contribution is 0.0850. The summed E-state index contributed by atoms with van der Waals surface area (Å²) in [5, 5.41) is 0. The molecule has 1 heterocycles. The summed E-state index contributed by atoms with van der Waals surface area (Å²) in [6.07, 6.45) is 1.65. The molecule has 1 aliphatic heterocycles. The van der Waals surface area contributed by atoms with Gasteiger partial charge in [-0.25, -0.2) is 0 Å². The first kappa shape index (κ1) is 11.9. The molecule has 0 unspecified atom stereocenters. The maximum Gasteiger partial charge on any atom is 0.198 e. The largest absolute Gasteiger partial charge is 0.352 e. The number of fused-ring (bicyclic) bond motifs is 1. The fourth-order valence-electron chi connectivity index (χ4n) is 3.24. The second kappa shape index (κ2) is 4.03. The van der Waals surface area contributed by atoms with Crippen LogP contribution in [0.3, 0.4) is 0 Å². The molecule has 20 heavy (non-hydrogen) atoms. The van der Waals surface area contributed by atoms with Crippen molar-refractivity contribution in [2.45, 2.75) is 31.5 Å². The van der Waals surface area contributed by atoms with Gasteiger partial charge in [0.05, 0.1) is 0 Å². The fourth-order valence-corrected chi connectivity index (χ4v) is 3.24. The second-order valence-electron chi connectivity index (χ2n) is 5.78. The van der Waals surface area contributed by atoms with Crippen LogP contribution in [0.1, 0.15) is 39.6 Å². The first-order valence-corrected chi connectivity index (χ1v) is 7.08. The lowest BCUT2D eigenvalue weighted by Crippen LogP contribution is -2.31. The quantitative estimate of drug-likeness (QED) is 0.736. The van der Waals surface area contributed by atoms with Gasteiger partial charge in [-0.2, -0.15) is 0 Å². The molecule has 1 spiro atoms. The number of Topliss-reactive ketones (excluding diaryl/α,β-unsaturated/α-hetero) is 1. The van der Waals surface area contributed by atoms with Crippen molar-refractivity contribution in [3.05, 3.63) is 70.8 Å². The van der Waals surface area contributed by atoms with E-state index in [-0.39, 0.29) is 11.9 Å². The summed E-state index contributed by atoms with van der Waals surface area (Å²) in [5.74, 6) is 0.157. The molecule has 0 saturated carbocycles. The summed E-state index contributed by atoms with van der Waals surface area (Å²) in [6, 6.07) is 16.2. The van der Waals surface area contributed by atoms with Crippen molar-refractivity contribution in [3.8, 4) is 0 Å². The molecule has 0 N–H and O–H groups in total. The van der Waals surface area contributed by atoms with Crippen LogP contribution in [0.4, 0.5) is 0 Å². The first-order chi connectivity index (χ1) is 9.71. The summed E-state index contributed by atoms with van der Waals surface area (Å²) >= 11 is 0. The molecule has 2 nitrogen and oxygen atoms in total. The molecule has 100 valence electrons. The molecular formula is C18H16O2. The SMILES string of the molecule is Cc1ccc([C@@H]2O[C@]23CCc2ccccc2C3=O)cc1. The Kier molecular flexibility index (Phi) is 2.39. The van der Waals surface area contributed by atoms with Crippen LogP contribution >= 0.6 is 0 Å². The van der Waals surface area contributed by atoms with E-state index in [1.165, 1.54) is 5.56 Å². The minimum absolute atomic E-state index is 0.0658. The molecule has 2 aromatic carbocycles. The zero-order chi connectivity index (χ0) is 13.7. The highest BCUT2D eigenvalue weighted by Gasteiger charge is 2.63. The van der Waals surface area contributed by atoms with E-state index in [2.05, 4.69) is 31.2 Å². The molecule has 1 saturated heterocycles. The Labute approximate surface area is 118 Å². The van der Waals surface area contributed by atoms with Crippen molar-refractivity contribution >= 4 is 5.78 Å². The summed E-state index contributed by atoms with van der Waals surface area (Å²) in [6.45, 7) is 2.06. The van der Waals surface area contributed by atoms with E-state index in [1.54, 1.807) is 0 Å². The number of rotatable bonds is 1. The number of benzene rings is 2. The van der Waals surface area contributed by atoms with Gasteiger partial charge in [0.25, 0.3) is 0 Å². The van der Waals surface area contributed by atoms with Crippen molar-refractivity contribution in [1.82, 2.24) is 0 Å². The molecule has 0 radical (unpaired) electrons. The maximum absolute atomic E-state index is 12.7. The smallest absolute Gasteiger partial charge is 0.198 e. The average Bonchev–Trinajstić information content (AvgIpc) is 3.20. The van der Waals surface area contributed by atoms with E-state index in [4.69, 9.17) is 4.74 Å². The lowest BCUT2D eigenvalue weighted by Gasteiger charge is -2.20. The van der Waals surface area contributed by atoms with Gasteiger partial charge in [-0.15, -0.1) is 0 Å². The number of carbonyl (C=O) groups is 1. The van der Waals surface area contributed by atoms with E-state index in [1.807, 2.05) is 24.3 Å². The normalized spacial score (nSPS) is 27.4. The Morgan fingerprint density at radius 3 is 2.65 bits per heavy atom. The van der Waals surface area contributed by atoms with Crippen LogP contribution in [-0.2, 0) is 11.2 Å². The van der Waals surface area contributed by atoms with Gasteiger partial charge in [0.1, 0.15) is 6.10 Å². The molecule has 0 aromatic heterocycles. The van der Waals surface area contributed by atoms with Crippen LogP contribution in [0, 0.1) is 6.92 Å². The van der Waals surface area contributed by atoms with Crippen molar-refractivity contribution in [2.24, 2.45) is 0 Å². The Balaban J connectivity index is 1.69. The Bertz CT molecular complexity index is 687. The standard InChI is InChI=1S/C18H16O2/c1-12-6-8-14(9-7-12)17-18(20-17)11-10-13-4-2-3-5-15(13)16(18)19/h2-9,17H,10-11H2,1H3/t17-,18-/m0/s1. The van der Waals surface area contributed by atoms with Gasteiger partial charge in [-0.1, -0.05) is 54.1 Å². The zero-order valence-corrected chi connectivity index (χ0v) is 11.4. The number of epoxide rings is 1. The third-order valence-corrected chi connectivity index (χ3v) is 4.49. The van der Waals surface area contributed by atoms with E-state index in [9.17, 15) is 4.79 Å². The monoisotopic (exact) mass is 264 g/mol. The molecule has 4 rings (SSSR count). The molecule has 2 heteroatoms. The van der Waals surface area contributed by atoms with Crippen molar-refractivity contribution in [2.75, 3.05) is 0 Å². The highest BCUT2D eigenvalue weighted by Crippen LogP contribution is 2.56. The third-order valence-electron chi connectivity index (χ3n) is 4.49. The van der Waals surface area contributed by atoms with Gasteiger partial charge >= 0.3 is 0 Å². The van der Waals surface area contributed by atoms with Gasteiger partial charge in [-0.3, -0.25) is 4.79 Å². The van der Waals surface area contributed by atoms with Crippen LogP contribution in [0.25, 0.3) is 0 Å². The molecule has 0 bridgehead atoms. The average molecular weight is 264 g/mol. The highest BCUT2D eigenvalue weighted by molar-refractivity contribution is 6.07. The topological polar surface area (TPSA) is 29.6 Å². The summed E-state index contributed by atoms with van der Waals surface area (Å²) < 4.78 is 5.89. The zero-order valence-electron chi connectivity index (χ0n) is 11.4. The van der Waals surface area contributed by atoms with Crippen LogP contribution in [0.5, 0.6) is 0 Å². The second-order valence-corrected chi connectivity index (χ2v) is 5.78. The molecule has 1 fully saturated rings. The van der Waals surface area contributed by atoms with Crippen LogP contribution in [0.2, 0.25) is 0 Å². The number of hydrogen-bond donors (Lipinski definition) is 0. The van der Waals surface area contributed by atoms with E-state index >= 15 is 0 Å². The number of ketones is 1. The van der Waals surface area contributed by atoms with Gasteiger partial charge in [-0.05, 0) is 30.9 Å². The third kappa shape index (κ3) is 1.58. The number of carbonyl (C=O) groups excluding carboxylic acids is 1. The van der Waals surface area contributed by atoms with Crippen molar-refractivity contribution in [3.63, 3.8) is 0 Å². The van der Waals surface area contributed by atoms with E-state index in [0.29, 0.717) is 0 Å². The Morgan fingerprint density at radius 1 is 1.10 bits per heavy atom. The van der Waals surface area contributed by atoms with Gasteiger partial charge in [0.15, 0.2) is 11.4 Å². The number of hydrogen-bond acceptors (Lipinski definition) is 2. The van der Waals surface area contributed by atoms with E-state index in [0.717, 1.165) is 29.5 Å². The Morgan fingerprint density at radius 2 is 1.85 bits per heavy atom. The summed E-state index contributed by atoms with van der Waals surface area (Å²) in [5.41, 5.74) is 3.74. The maximum atomic E-state index is 12.7. The number of ether oxygens (including phenoxy) is 1. The molecule has 2 aliphatic rings. The summed E-state index contributed by atoms with van der Waals surface area (Å²) in [7, 11) is 0. The van der Waals surface area contributed by atoms with E-state index < -0.39 is 5.60 Å². The van der Waals surface area contributed by atoms with Gasteiger partial charge in [0, 0.05) is 5.56 Å². The molecule has 1 aliphatic carbocycles. The first-order valence-electron chi connectivity index (χ1n) is 7.08. The molecule has 2 atom stereocenters. The van der Waals surface area contributed by atoms with Crippen molar-refractivity contribution in [1.29, 1.82) is 0 Å². The molecular weight excluding hydrogens is 248 g/mol. The Hall–Kier alpha value is -1.93. The van der Waals surface area contributed by atoms with Crippen LogP contribution < -0.4 is 0 Å². The van der Waals surface area contributed by atoms with Gasteiger partial charge < -0.3 is 4.74 Å². The minimum Gasteiger partial charge on any atom is -0.352 e. The fraction of sp³-hybridized carbons (Fsp3) is 0.278. The minimum atomic E-state index is -0.594. The van der Waals surface area contributed by atoms with Crippen LogP contribution in [0.15, 0.2) is 48.5 Å². The molecule has 2 aromatic rings. The predicted octanol–water partition coefficient (Wildman–Crippen LogP) is 3.63. The van der Waals surface area contributed by atoms with Gasteiger partial charge in [0.2, 0.25) is 0 Å². The predicted molar refractivity (Wildman–Crippen MR) is 76.8 cm³/mol. The van der Waals surface area contributed by atoms with Crippen molar-refractivity contribution < 1.29 is 9.53 Å². The lowest BCUT2D eigenvalue weighted by atomic mass is 9.79. The van der Waals surface area contributed by atoms with Crippen LogP contribution in [-0.4, -0.2) is 11.4 Å². The highest BCUT2D eigenvalue weighted by atomic mass is 16.6. The number of aryl methyl sites for hydroxylation is 2. The summed E-state index contributed by atoms with van der Waals surface area (Å²) in [4.78, 5) is 12.7.